The van der Waals surface area contributed by atoms with Crippen molar-refractivity contribution in [1.29, 1.82) is 0 Å². The lowest BCUT2D eigenvalue weighted by Crippen LogP contribution is -2.42. The molecule has 0 fully saturated rings. The van der Waals surface area contributed by atoms with Gasteiger partial charge in [0.2, 0.25) is 0 Å². The molecule has 42 heavy (non-hydrogen) atoms. The van der Waals surface area contributed by atoms with E-state index in [1.54, 1.807) is 31.2 Å². The van der Waals surface area contributed by atoms with Crippen molar-refractivity contribution in [3.05, 3.63) is 130 Å². The van der Waals surface area contributed by atoms with Crippen LogP contribution in [0.4, 0.5) is 11.4 Å². The second kappa shape index (κ2) is 12.7. The lowest BCUT2D eigenvalue weighted by Gasteiger charge is -2.36. The zero-order valence-electron chi connectivity index (χ0n) is 23.2. The van der Waals surface area contributed by atoms with Crippen molar-refractivity contribution in [3.63, 3.8) is 0 Å². The number of nitro groups is 1. The molecule has 2 atom stereocenters. The Morgan fingerprint density at radius 2 is 1.67 bits per heavy atom. The number of nitro benzene ring substituents is 1. The number of hydrogen-bond donors (Lipinski definition) is 1. The van der Waals surface area contributed by atoms with E-state index in [4.69, 9.17) is 14.2 Å². The molecule has 0 aliphatic carbocycles. The van der Waals surface area contributed by atoms with Gasteiger partial charge in [-0.05, 0) is 60.0 Å². The SMILES string of the molecule is CCOC(Cc1ccc(OCC2CN(Cc3ccccc3)c3ccccc3O2)cc1)(C(=O)O)c1ccc([N+](=O)[O-])cc1. The van der Waals surface area contributed by atoms with Gasteiger partial charge in [0.15, 0.2) is 11.7 Å². The third-order valence-electron chi connectivity index (χ3n) is 7.23. The minimum absolute atomic E-state index is 0.0330. The number of fused-ring (bicyclic) bond motifs is 1. The molecule has 1 aliphatic rings. The Hall–Kier alpha value is -4.89. The van der Waals surface area contributed by atoms with Gasteiger partial charge in [0.1, 0.15) is 18.1 Å². The molecule has 0 amide bonds. The molecule has 0 radical (unpaired) electrons. The fourth-order valence-corrected chi connectivity index (χ4v) is 5.20. The van der Waals surface area contributed by atoms with E-state index < -0.39 is 16.5 Å². The summed E-state index contributed by atoms with van der Waals surface area (Å²) < 4.78 is 18.1. The van der Waals surface area contributed by atoms with Gasteiger partial charge < -0.3 is 24.2 Å². The lowest BCUT2D eigenvalue weighted by molar-refractivity contribution is -0.384. The first-order chi connectivity index (χ1) is 20.4. The summed E-state index contributed by atoms with van der Waals surface area (Å²) in [5.41, 5.74) is 1.49. The van der Waals surface area contributed by atoms with Gasteiger partial charge in [-0.15, -0.1) is 0 Å². The number of carbonyl (C=O) groups is 1. The van der Waals surface area contributed by atoms with Crippen molar-refractivity contribution in [3.8, 4) is 11.5 Å². The minimum atomic E-state index is -1.70. The maximum atomic E-state index is 12.5. The zero-order valence-corrected chi connectivity index (χ0v) is 23.2. The molecular weight excluding hydrogens is 536 g/mol. The molecule has 216 valence electrons. The second-order valence-corrected chi connectivity index (χ2v) is 10.1. The standard InChI is InChI=1S/C33H32N2O7/c1-2-41-33(32(36)37,26-14-16-27(17-15-26)35(38)39)20-24-12-18-28(19-13-24)40-23-29-22-34(21-25-8-4-3-5-9-25)30-10-6-7-11-31(30)42-29/h3-19,29H,2,20-23H2,1H3,(H,36,37). The van der Waals surface area contributed by atoms with Crippen LogP contribution in [0.5, 0.6) is 11.5 Å². The summed E-state index contributed by atoms with van der Waals surface area (Å²) in [4.78, 5) is 25.4. The van der Waals surface area contributed by atoms with E-state index in [0.29, 0.717) is 30.0 Å². The summed E-state index contributed by atoms with van der Waals surface area (Å²) in [6, 6.07) is 30.9. The lowest BCUT2D eigenvalue weighted by atomic mass is 9.86. The number of benzene rings is 4. The summed E-state index contributed by atoms with van der Waals surface area (Å²) in [7, 11) is 0. The normalized spacial score (nSPS) is 15.6. The van der Waals surface area contributed by atoms with Crippen LogP contribution in [-0.2, 0) is 28.1 Å². The number of hydrogen-bond acceptors (Lipinski definition) is 7. The van der Waals surface area contributed by atoms with Gasteiger partial charge in [0.05, 0.1) is 17.2 Å². The molecule has 1 heterocycles. The fraction of sp³-hybridized carbons (Fsp3) is 0.242. The van der Waals surface area contributed by atoms with Crippen molar-refractivity contribution in [2.45, 2.75) is 31.6 Å². The fourth-order valence-electron chi connectivity index (χ4n) is 5.20. The van der Waals surface area contributed by atoms with Gasteiger partial charge in [0, 0.05) is 31.7 Å². The first kappa shape index (κ1) is 28.6. The summed E-state index contributed by atoms with van der Waals surface area (Å²) >= 11 is 0. The second-order valence-electron chi connectivity index (χ2n) is 10.1. The van der Waals surface area contributed by atoms with Gasteiger partial charge in [-0.2, -0.15) is 0 Å². The van der Waals surface area contributed by atoms with Crippen LogP contribution in [0, 0.1) is 10.1 Å². The molecular formula is C33H32N2O7. The third kappa shape index (κ3) is 6.37. The average Bonchev–Trinajstić information content (AvgIpc) is 3.01. The van der Waals surface area contributed by atoms with Crippen LogP contribution < -0.4 is 14.4 Å². The van der Waals surface area contributed by atoms with Gasteiger partial charge in [-0.1, -0.05) is 54.6 Å². The molecule has 2 unspecified atom stereocenters. The molecule has 0 saturated carbocycles. The molecule has 4 aromatic carbocycles. The van der Waals surface area contributed by atoms with Crippen molar-refractivity contribution >= 4 is 17.3 Å². The molecule has 1 N–H and O–H groups in total. The summed E-state index contributed by atoms with van der Waals surface area (Å²) in [6.45, 7) is 3.61. The van der Waals surface area contributed by atoms with Crippen LogP contribution in [0.1, 0.15) is 23.6 Å². The van der Waals surface area contributed by atoms with E-state index in [0.717, 1.165) is 18.0 Å². The van der Waals surface area contributed by atoms with Crippen LogP contribution in [0.2, 0.25) is 0 Å². The highest BCUT2D eigenvalue weighted by Crippen LogP contribution is 2.35. The first-order valence-corrected chi connectivity index (χ1v) is 13.8. The molecule has 9 heteroatoms. The van der Waals surface area contributed by atoms with Gasteiger partial charge in [-0.25, -0.2) is 4.79 Å². The Kier molecular flexibility index (Phi) is 8.68. The van der Waals surface area contributed by atoms with E-state index in [9.17, 15) is 20.0 Å². The number of anilines is 1. The number of non-ortho nitro benzene ring substituents is 1. The number of ether oxygens (including phenoxy) is 3. The van der Waals surface area contributed by atoms with E-state index in [1.165, 1.54) is 29.8 Å². The summed E-state index contributed by atoms with van der Waals surface area (Å²) in [5, 5.41) is 21.3. The van der Waals surface area contributed by atoms with E-state index in [2.05, 4.69) is 23.1 Å². The maximum Gasteiger partial charge on any atom is 0.341 e. The number of carboxylic acids is 1. The van der Waals surface area contributed by atoms with Crippen molar-refractivity contribution in [2.24, 2.45) is 0 Å². The van der Waals surface area contributed by atoms with Crippen molar-refractivity contribution < 1.29 is 29.0 Å². The molecule has 4 aromatic rings. The number of aliphatic carboxylic acids is 1. The Balaban J connectivity index is 1.27. The van der Waals surface area contributed by atoms with Crippen LogP contribution in [0.25, 0.3) is 0 Å². The molecule has 0 spiro atoms. The zero-order chi connectivity index (χ0) is 29.5. The smallest absolute Gasteiger partial charge is 0.341 e. The number of carboxylic acid groups (broad SMARTS) is 1. The van der Waals surface area contributed by atoms with Crippen molar-refractivity contribution in [2.75, 3.05) is 24.7 Å². The molecule has 0 bridgehead atoms. The van der Waals surface area contributed by atoms with Crippen LogP contribution in [-0.4, -0.2) is 41.9 Å². The van der Waals surface area contributed by atoms with E-state index in [-0.39, 0.29) is 24.8 Å². The molecule has 0 aromatic heterocycles. The quantitative estimate of drug-likeness (QED) is 0.164. The predicted octanol–water partition coefficient (Wildman–Crippen LogP) is 6.00. The molecule has 9 nitrogen and oxygen atoms in total. The summed E-state index contributed by atoms with van der Waals surface area (Å²) in [5.74, 6) is 0.271. The first-order valence-electron chi connectivity index (χ1n) is 13.8. The highest BCUT2D eigenvalue weighted by Gasteiger charge is 2.42. The molecule has 0 saturated heterocycles. The largest absolute Gasteiger partial charge is 0.490 e. The van der Waals surface area contributed by atoms with Gasteiger partial charge >= 0.3 is 5.97 Å². The van der Waals surface area contributed by atoms with E-state index >= 15 is 0 Å². The van der Waals surface area contributed by atoms with Crippen LogP contribution in [0.15, 0.2) is 103 Å². The average molecular weight is 569 g/mol. The number of rotatable bonds is 12. The monoisotopic (exact) mass is 568 g/mol. The minimum Gasteiger partial charge on any atom is -0.490 e. The maximum absolute atomic E-state index is 12.5. The Morgan fingerprint density at radius 1 is 0.976 bits per heavy atom. The number of nitrogens with zero attached hydrogens (tertiary/aromatic N) is 2. The Labute approximate surface area is 244 Å². The number of para-hydroxylation sites is 2. The van der Waals surface area contributed by atoms with E-state index in [1.807, 2.05) is 36.4 Å². The highest BCUT2D eigenvalue weighted by atomic mass is 16.6. The molecule has 1 aliphatic heterocycles. The molecule has 5 rings (SSSR count). The topological polar surface area (TPSA) is 111 Å². The van der Waals surface area contributed by atoms with Crippen LogP contribution in [0.3, 0.4) is 0 Å². The van der Waals surface area contributed by atoms with Crippen molar-refractivity contribution in [1.82, 2.24) is 0 Å². The third-order valence-corrected chi connectivity index (χ3v) is 7.23. The van der Waals surface area contributed by atoms with Gasteiger partial charge in [-0.3, -0.25) is 10.1 Å². The Bertz CT molecular complexity index is 1510. The summed E-state index contributed by atoms with van der Waals surface area (Å²) in [6.07, 6.45) is -0.159. The predicted molar refractivity (Wildman–Crippen MR) is 158 cm³/mol. The highest BCUT2D eigenvalue weighted by molar-refractivity contribution is 5.80. The van der Waals surface area contributed by atoms with Gasteiger partial charge in [0.25, 0.3) is 5.69 Å². The Morgan fingerprint density at radius 3 is 2.33 bits per heavy atom. The van der Waals surface area contributed by atoms with Crippen LogP contribution >= 0.6 is 0 Å².